The quantitative estimate of drug-likeness (QED) is 0.765. The van der Waals surface area contributed by atoms with Crippen molar-refractivity contribution in [2.75, 3.05) is 7.11 Å². The predicted octanol–water partition coefficient (Wildman–Crippen LogP) is 4.46. The molecule has 17 heavy (non-hydrogen) atoms. The number of hydrogen-bond acceptors (Lipinski definition) is 1. The zero-order valence-electron chi connectivity index (χ0n) is 9.63. The predicted molar refractivity (Wildman–Crippen MR) is 68.1 cm³/mol. The molecule has 0 saturated carbocycles. The average molecular weight is 251 g/mol. The Morgan fingerprint density at radius 1 is 1.18 bits per heavy atom. The maximum Gasteiger partial charge on any atom is 0.123 e. The Morgan fingerprint density at radius 3 is 2.59 bits per heavy atom. The second kappa shape index (κ2) is 4.76. The van der Waals surface area contributed by atoms with Gasteiger partial charge in [-0.2, -0.15) is 0 Å². The zero-order chi connectivity index (χ0) is 12.4. The van der Waals surface area contributed by atoms with Gasteiger partial charge in [0.1, 0.15) is 11.6 Å². The van der Waals surface area contributed by atoms with Crippen LogP contribution in [-0.2, 0) is 0 Å². The molecule has 0 aliphatic carbocycles. The summed E-state index contributed by atoms with van der Waals surface area (Å²) in [4.78, 5) is 0. The first kappa shape index (κ1) is 11.9. The molecule has 0 heterocycles. The summed E-state index contributed by atoms with van der Waals surface area (Å²) >= 11 is 6.16. The smallest absolute Gasteiger partial charge is 0.123 e. The molecule has 0 saturated heterocycles. The molecule has 0 aromatic heterocycles. The molecule has 1 nitrogen and oxygen atoms in total. The summed E-state index contributed by atoms with van der Waals surface area (Å²) in [6.45, 7) is 1.93. The molecule has 2 aromatic rings. The van der Waals surface area contributed by atoms with Crippen molar-refractivity contribution in [1.29, 1.82) is 0 Å². The highest BCUT2D eigenvalue weighted by Crippen LogP contribution is 2.33. The van der Waals surface area contributed by atoms with Crippen molar-refractivity contribution in [3.05, 3.63) is 52.8 Å². The van der Waals surface area contributed by atoms with Gasteiger partial charge in [0.2, 0.25) is 0 Å². The van der Waals surface area contributed by atoms with Crippen LogP contribution >= 0.6 is 11.6 Å². The van der Waals surface area contributed by atoms with E-state index >= 15 is 0 Å². The van der Waals surface area contributed by atoms with Crippen LogP contribution in [0.1, 0.15) is 5.56 Å². The molecule has 0 bridgehead atoms. The van der Waals surface area contributed by atoms with Crippen molar-refractivity contribution < 1.29 is 9.13 Å². The molecular weight excluding hydrogens is 239 g/mol. The van der Waals surface area contributed by atoms with Crippen LogP contribution in [0.4, 0.5) is 4.39 Å². The van der Waals surface area contributed by atoms with Crippen molar-refractivity contribution in [3.63, 3.8) is 0 Å². The molecule has 88 valence electrons. The standard InChI is InChI=1S/C14H12ClFO/c1-9-6-12(13(15)8-14(9)17-2)10-4-3-5-11(16)7-10/h3-8H,1-2H3. The van der Waals surface area contributed by atoms with Gasteiger partial charge in [-0.25, -0.2) is 4.39 Å². The molecule has 2 aromatic carbocycles. The Morgan fingerprint density at radius 2 is 1.94 bits per heavy atom. The van der Waals surface area contributed by atoms with E-state index in [-0.39, 0.29) is 5.82 Å². The van der Waals surface area contributed by atoms with Gasteiger partial charge < -0.3 is 4.74 Å². The van der Waals surface area contributed by atoms with E-state index < -0.39 is 0 Å². The molecule has 0 aliphatic heterocycles. The summed E-state index contributed by atoms with van der Waals surface area (Å²) in [5.74, 6) is 0.460. The fourth-order valence-electron chi connectivity index (χ4n) is 1.76. The number of rotatable bonds is 2. The summed E-state index contributed by atoms with van der Waals surface area (Å²) in [6, 6.07) is 10.0. The number of halogens is 2. The minimum Gasteiger partial charge on any atom is -0.496 e. The van der Waals surface area contributed by atoms with Crippen molar-refractivity contribution in [2.45, 2.75) is 6.92 Å². The van der Waals surface area contributed by atoms with Gasteiger partial charge in [0.05, 0.1) is 12.1 Å². The molecule has 0 radical (unpaired) electrons. The lowest BCUT2D eigenvalue weighted by molar-refractivity contribution is 0.412. The highest BCUT2D eigenvalue weighted by molar-refractivity contribution is 6.33. The number of methoxy groups -OCH3 is 1. The Balaban J connectivity index is 2.56. The van der Waals surface area contributed by atoms with E-state index in [1.165, 1.54) is 12.1 Å². The minimum absolute atomic E-state index is 0.271. The maximum atomic E-state index is 13.2. The third-order valence-electron chi connectivity index (χ3n) is 2.62. The Hall–Kier alpha value is -1.54. The van der Waals surface area contributed by atoms with Gasteiger partial charge in [-0.1, -0.05) is 23.7 Å². The first-order chi connectivity index (χ1) is 8.11. The van der Waals surface area contributed by atoms with E-state index in [0.29, 0.717) is 5.02 Å². The lowest BCUT2D eigenvalue weighted by Gasteiger charge is -2.10. The lowest BCUT2D eigenvalue weighted by Crippen LogP contribution is -1.89. The first-order valence-corrected chi connectivity index (χ1v) is 5.59. The Kier molecular flexibility index (Phi) is 3.34. The Labute approximate surface area is 105 Å². The van der Waals surface area contributed by atoms with Crippen LogP contribution in [0.25, 0.3) is 11.1 Å². The van der Waals surface area contributed by atoms with Gasteiger partial charge in [0, 0.05) is 5.56 Å². The van der Waals surface area contributed by atoms with Gasteiger partial charge in [-0.05, 0) is 42.3 Å². The van der Waals surface area contributed by atoms with Gasteiger partial charge in [-0.3, -0.25) is 0 Å². The van der Waals surface area contributed by atoms with Crippen molar-refractivity contribution >= 4 is 11.6 Å². The van der Waals surface area contributed by atoms with Crippen LogP contribution in [0.15, 0.2) is 36.4 Å². The van der Waals surface area contributed by atoms with Crippen LogP contribution in [-0.4, -0.2) is 7.11 Å². The van der Waals surface area contributed by atoms with Crippen LogP contribution < -0.4 is 4.74 Å². The maximum absolute atomic E-state index is 13.2. The van der Waals surface area contributed by atoms with Crippen LogP contribution in [0.5, 0.6) is 5.75 Å². The van der Waals surface area contributed by atoms with Crippen molar-refractivity contribution in [1.82, 2.24) is 0 Å². The minimum atomic E-state index is -0.271. The van der Waals surface area contributed by atoms with E-state index in [2.05, 4.69) is 0 Å². The highest BCUT2D eigenvalue weighted by Gasteiger charge is 2.08. The number of benzene rings is 2. The van der Waals surface area contributed by atoms with Crippen molar-refractivity contribution in [2.24, 2.45) is 0 Å². The first-order valence-electron chi connectivity index (χ1n) is 5.22. The summed E-state index contributed by atoms with van der Waals surface area (Å²) in [5, 5.41) is 0.554. The van der Waals surface area contributed by atoms with Crippen molar-refractivity contribution in [3.8, 4) is 16.9 Å². The summed E-state index contributed by atoms with van der Waals surface area (Å²) in [5.41, 5.74) is 2.54. The van der Waals surface area contributed by atoms with E-state index in [0.717, 1.165) is 22.4 Å². The second-order valence-corrected chi connectivity index (χ2v) is 4.22. The van der Waals surface area contributed by atoms with E-state index in [9.17, 15) is 4.39 Å². The molecular formula is C14H12ClFO. The zero-order valence-corrected chi connectivity index (χ0v) is 10.4. The molecule has 0 amide bonds. The van der Waals surface area contributed by atoms with Gasteiger partial charge in [0.25, 0.3) is 0 Å². The lowest BCUT2D eigenvalue weighted by atomic mass is 10.0. The molecule has 0 spiro atoms. The summed E-state index contributed by atoms with van der Waals surface area (Å²) in [6.07, 6.45) is 0. The third kappa shape index (κ3) is 2.42. The van der Waals surface area contributed by atoms with Gasteiger partial charge in [-0.15, -0.1) is 0 Å². The highest BCUT2D eigenvalue weighted by atomic mass is 35.5. The molecule has 3 heteroatoms. The average Bonchev–Trinajstić information content (AvgIpc) is 2.31. The molecule has 0 fully saturated rings. The Bertz CT molecular complexity index is 552. The number of ether oxygens (including phenoxy) is 1. The fourth-order valence-corrected chi connectivity index (χ4v) is 2.02. The molecule has 0 aliphatic rings. The van der Waals surface area contributed by atoms with E-state index in [1.54, 1.807) is 19.2 Å². The normalized spacial score (nSPS) is 10.4. The fraction of sp³-hybridized carbons (Fsp3) is 0.143. The summed E-state index contributed by atoms with van der Waals surface area (Å²) < 4.78 is 18.3. The van der Waals surface area contributed by atoms with Crippen LogP contribution in [0.2, 0.25) is 5.02 Å². The van der Waals surface area contributed by atoms with Crippen LogP contribution in [0, 0.1) is 12.7 Å². The topological polar surface area (TPSA) is 9.23 Å². The third-order valence-corrected chi connectivity index (χ3v) is 2.93. The number of aryl methyl sites for hydroxylation is 1. The van der Waals surface area contributed by atoms with E-state index in [1.807, 2.05) is 19.1 Å². The van der Waals surface area contributed by atoms with E-state index in [4.69, 9.17) is 16.3 Å². The molecule has 0 N–H and O–H groups in total. The second-order valence-electron chi connectivity index (χ2n) is 3.81. The molecule has 0 atom stereocenters. The number of hydrogen-bond donors (Lipinski definition) is 0. The molecule has 2 rings (SSSR count). The van der Waals surface area contributed by atoms with Gasteiger partial charge >= 0.3 is 0 Å². The summed E-state index contributed by atoms with van der Waals surface area (Å²) in [7, 11) is 1.60. The molecule has 0 unspecified atom stereocenters. The van der Waals surface area contributed by atoms with Gasteiger partial charge in [0.15, 0.2) is 0 Å². The monoisotopic (exact) mass is 250 g/mol. The van der Waals surface area contributed by atoms with Crippen LogP contribution in [0.3, 0.4) is 0 Å². The largest absolute Gasteiger partial charge is 0.496 e. The SMILES string of the molecule is COc1cc(Cl)c(-c2cccc(F)c2)cc1C.